The molecule has 87 heavy (non-hydrogen) atoms. The first-order chi connectivity index (χ1) is 40.3. The van der Waals surface area contributed by atoms with E-state index >= 15 is 9.59 Å². The van der Waals surface area contributed by atoms with Crippen LogP contribution in [0.2, 0.25) is 0 Å². The second-order valence-corrected chi connectivity index (χ2v) is 25.7. The van der Waals surface area contributed by atoms with Gasteiger partial charge in [0.25, 0.3) is 0 Å². The van der Waals surface area contributed by atoms with Crippen molar-refractivity contribution in [2.45, 2.75) is 216 Å². The van der Waals surface area contributed by atoms with Crippen LogP contribution in [0.5, 0.6) is 0 Å². The van der Waals surface area contributed by atoms with Gasteiger partial charge in [0.2, 0.25) is 65.0 Å². The van der Waals surface area contributed by atoms with E-state index in [2.05, 4.69) is 27.8 Å². The molecule has 13 atom stereocenters. The fraction of sp³-hybridized carbons (Fsp3) is 0.762. The zero-order valence-electron chi connectivity index (χ0n) is 56.8. The number of aliphatic hydroxyl groups is 1. The number of allylic oxidation sites excluding steroid dienone is 2. The second-order valence-electron chi connectivity index (χ2n) is 25.7. The Morgan fingerprint density at radius 1 is 0.529 bits per heavy atom. The van der Waals surface area contributed by atoms with Crippen LogP contribution in [0.1, 0.15) is 143 Å². The predicted molar refractivity (Wildman–Crippen MR) is 335 cm³/mol. The average Bonchev–Trinajstić information content (AvgIpc) is 1.82. The van der Waals surface area contributed by atoms with Crippen LogP contribution in [0, 0.1) is 35.5 Å². The Morgan fingerprint density at radius 3 is 1.46 bits per heavy atom. The largest absolute Gasteiger partial charge is 0.390 e. The molecule has 24 heteroatoms. The van der Waals surface area contributed by atoms with Crippen molar-refractivity contribution >= 4 is 65.0 Å². The van der Waals surface area contributed by atoms with E-state index in [-0.39, 0.29) is 50.0 Å². The van der Waals surface area contributed by atoms with Gasteiger partial charge in [0.05, 0.1) is 25.4 Å². The minimum atomic E-state index is -1.63. The van der Waals surface area contributed by atoms with Crippen molar-refractivity contribution < 1.29 is 62.6 Å². The van der Waals surface area contributed by atoms with E-state index in [1.54, 1.807) is 67.5 Å². The molecule has 0 saturated carbocycles. The molecule has 0 aromatic rings. The number of ether oxygens (including phenoxy) is 1. The van der Waals surface area contributed by atoms with Gasteiger partial charge in [-0.05, 0) is 95.3 Å². The Hall–Kier alpha value is -6.43. The number of carbonyl (C=O) groups excluding carboxylic acids is 11. The Bertz CT molecular complexity index is 2400. The maximum absolute atomic E-state index is 15.2. The van der Waals surface area contributed by atoms with Crippen LogP contribution < -0.4 is 21.3 Å². The third-order valence-electron chi connectivity index (χ3n) is 16.2. The maximum atomic E-state index is 15.2. The molecule has 11 amide bonds. The van der Waals surface area contributed by atoms with Crippen molar-refractivity contribution in [1.82, 2.24) is 55.6 Å². The summed E-state index contributed by atoms with van der Waals surface area (Å²) >= 11 is 0. The second kappa shape index (κ2) is 36.1. The highest BCUT2D eigenvalue weighted by molar-refractivity contribution is 5.99. The predicted octanol–water partition coefficient (Wildman–Crippen LogP) is 2.81. The number of nitrogens with zero attached hydrogens (tertiary/aromatic N) is 7. The summed E-state index contributed by atoms with van der Waals surface area (Å²) in [6.45, 7) is 30.6. The summed E-state index contributed by atoms with van der Waals surface area (Å²) in [5, 5.41) is 23.0. The zero-order valence-corrected chi connectivity index (χ0v) is 56.8. The molecule has 1 rings (SSSR count). The lowest BCUT2D eigenvalue weighted by Crippen LogP contribution is -2.63. The summed E-state index contributed by atoms with van der Waals surface area (Å²) < 4.78 is 5.90. The molecule has 5 N–H and O–H groups in total. The minimum Gasteiger partial charge on any atom is -0.390 e. The van der Waals surface area contributed by atoms with Crippen molar-refractivity contribution in [1.29, 1.82) is 0 Å². The number of aliphatic hydroxyl groups excluding tert-OH is 1. The molecule has 0 bridgehead atoms. The summed E-state index contributed by atoms with van der Waals surface area (Å²) in [5.74, 6) is -10.1. The summed E-state index contributed by atoms with van der Waals surface area (Å²) in [6, 6.07) is -12.8. The van der Waals surface area contributed by atoms with E-state index in [1.165, 1.54) is 88.9 Å². The van der Waals surface area contributed by atoms with Gasteiger partial charge in [-0.15, -0.1) is 6.58 Å². The monoisotopic (exact) mass is 1230 g/mol. The maximum Gasteiger partial charge on any atom is 0.246 e. The first-order valence-corrected chi connectivity index (χ1v) is 30.8. The lowest BCUT2D eigenvalue weighted by Gasteiger charge is -2.41. The van der Waals surface area contributed by atoms with Crippen LogP contribution in [-0.4, -0.2) is 239 Å². The van der Waals surface area contributed by atoms with Gasteiger partial charge in [0.1, 0.15) is 60.4 Å². The van der Waals surface area contributed by atoms with E-state index in [0.29, 0.717) is 6.42 Å². The quantitative estimate of drug-likeness (QED) is 0.131. The minimum absolute atomic E-state index is 0.00582. The number of rotatable bonds is 17. The van der Waals surface area contributed by atoms with Crippen LogP contribution in [0.25, 0.3) is 0 Å². The van der Waals surface area contributed by atoms with E-state index in [1.807, 2.05) is 41.5 Å². The molecule has 0 aromatic heterocycles. The summed E-state index contributed by atoms with van der Waals surface area (Å²) in [5.41, 5.74) is 0. The molecule has 1 heterocycles. The Balaban J connectivity index is 4.37. The summed E-state index contributed by atoms with van der Waals surface area (Å²) in [6.07, 6.45) is 3.20. The number of carbonyl (C=O) groups is 11. The number of amides is 11. The standard InChI is InChI=1S/C63H111N11O13/c1-25-28-29-40(14)53(76)52-57(80)66-44(27-3)59(82)68(18)34-48(75)72(22)51(43(17)87-30-26-2)56(79)67-49(38(10)11)62(85)69(19)45(31-35(4)5)55(78)64-41(15)54(77)65-42(16)58(81)70(20)46(32-36(6)7)60(83)71(21)47(33-37(8)9)61(84)73(23)50(39(12)13)63(86)74(52)24/h25-26,28,35-47,49-53,76H,2,27,29-34H2,1,3-24H3,(H,64,78)(H,65,77)(H,66,80)(H,67,79)/b28-25+/t40-,41+,42-,43-,44+,45+,46+,47+,49+,50+,51+,52+,53-/m1/s1. The fourth-order valence-electron chi connectivity index (χ4n) is 10.8. The van der Waals surface area contributed by atoms with Gasteiger partial charge in [0.15, 0.2) is 0 Å². The zero-order chi connectivity index (χ0) is 67.4. The molecule has 1 saturated heterocycles. The smallest absolute Gasteiger partial charge is 0.246 e. The molecule has 496 valence electrons. The van der Waals surface area contributed by atoms with Gasteiger partial charge in [0, 0.05) is 49.3 Å². The highest BCUT2D eigenvalue weighted by Crippen LogP contribution is 2.25. The topological polar surface area (TPSA) is 288 Å². The number of hydrogen-bond donors (Lipinski definition) is 5. The lowest BCUT2D eigenvalue weighted by atomic mass is 9.91. The molecule has 24 nitrogen and oxygen atoms in total. The van der Waals surface area contributed by atoms with Gasteiger partial charge < -0.3 is 65.4 Å². The molecule has 0 radical (unpaired) electrons. The van der Waals surface area contributed by atoms with E-state index < -0.39 is 162 Å². The van der Waals surface area contributed by atoms with Crippen molar-refractivity contribution in [3.63, 3.8) is 0 Å². The molecule has 0 spiro atoms. The molecule has 1 aliphatic rings. The lowest BCUT2D eigenvalue weighted by molar-refractivity contribution is -0.157. The highest BCUT2D eigenvalue weighted by atomic mass is 16.5. The molecular weight excluding hydrogens is 1120 g/mol. The Morgan fingerprint density at radius 2 is 0.989 bits per heavy atom. The number of nitrogens with one attached hydrogen (secondary N) is 4. The van der Waals surface area contributed by atoms with E-state index in [4.69, 9.17) is 4.74 Å². The Labute approximate surface area is 519 Å². The van der Waals surface area contributed by atoms with Crippen LogP contribution in [0.15, 0.2) is 24.8 Å². The van der Waals surface area contributed by atoms with Gasteiger partial charge >= 0.3 is 0 Å². The van der Waals surface area contributed by atoms with Crippen LogP contribution >= 0.6 is 0 Å². The highest BCUT2D eigenvalue weighted by Gasteiger charge is 2.46. The van der Waals surface area contributed by atoms with Gasteiger partial charge in [-0.1, -0.05) is 101 Å². The van der Waals surface area contributed by atoms with E-state index in [9.17, 15) is 48.3 Å². The summed E-state index contributed by atoms with van der Waals surface area (Å²) in [7, 11) is 9.75. The van der Waals surface area contributed by atoms with Gasteiger partial charge in [-0.2, -0.15) is 0 Å². The Kier molecular flexibility index (Phi) is 32.7. The van der Waals surface area contributed by atoms with Crippen LogP contribution in [0.4, 0.5) is 0 Å². The third-order valence-corrected chi connectivity index (χ3v) is 16.2. The van der Waals surface area contributed by atoms with Crippen molar-refractivity contribution in [2.24, 2.45) is 35.5 Å². The first kappa shape index (κ1) is 78.6. The van der Waals surface area contributed by atoms with Crippen molar-refractivity contribution in [3.8, 4) is 0 Å². The first-order valence-electron chi connectivity index (χ1n) is 30.8. The third kappa shape index (κ3) is 22.0. The fourth-order valence-corrected chi connectivity index (χ4v) is 10.8. The number of hydrogen-bond acceptors (Lipinski definition) is 13. The average molecular weight is 1230 g/mol. The molecule has 0 aromatic carbocycles. The van der Waals surface area contributed by atoms with Crippen molar-refractivity contribution in [3.05, 3.63) is 24.8 Å². The van der Waals surface area contributed by atoms with Crippen LogP contribution in [0.3, 0.4) is 0 Å². The van der Waals surface area contributed by atoms with Crippen LogP contribution in [-0.2, 0) is 57.5 Å². The molecular formula is C63H111N11O13. The normalized spacial score (nSPS) is 26.8. The molecule has 1 fully saturated rings. The SMILES string of the molecule is C=CCO[C@H](C)[C@H]1C(=O)N[C@@H](C(C)C)C(=O)N(C)[C@@H](CC(C)C)C(=O)N[C@@H](C)C(=O)N[C@H](C)C(=O)N(C)[C@@H](CC(C)C)C(=O)N(C)[C@@H](CC(C)C)C(=O)N(C)[C@@H](C(C)C)C(=O)N(C)[C@@H]([C@H](O)[C@H](C)C/C=C/C)C(=O)N[C@@H](CC)C(=O)N(C)CC(=O)N1C. The van der Waals surface area contributed by atoms with Gasteiger partial charge in [-0.3, -0.25) is 52.7 Å². The van der Waals surface area contributed by atoms with Crippen molar-refractivity contribution in [2.75, 3.05) is 62.5 Å². The molecule has 0 aliphatic carbocycles. The number of likely N-dealkylation sites (N-methyl/N-ethyl adjacent to an activating group) is 7. The molecule has 0 unspecified atom stereocenters. The van der Waals surface area contributed by atoms with E-state index in [0.717, 1.165) is 14.7 Å². The summed E-state index contributed by atoms with van der Waals surface area (Å²) in [4.78, 5) is 169. The molecule has 1 aliphatic heterocycles. The van der Waals surface area contributed by atoms with Gasteiger partial charge in [-0.25, -0.2) is 0 Å².